The zero-order chi connectivity index (χ0) is 15.4. The second kappa shape index (κ2) is 6.59. The first-order valence-electron chi connectivity index (χ1n) is 6.95. The summed E-state index contributed by atoms with van der Waals surface area (Å²) in [5.41, 5.74) is 1.95. The maximum atomic E-state index is 11.9. The quantitative estimate of drug-likeness (QED) is 0.622. The molecule has 1 aliphatic heterocycles. The Morgan fingerprint density at radius 3 is 2.64 bits per heavy atom. The molecule has 0 bridgehead atoms. The van der Waals surface area contributed by atoms with E-state index in [0.29, 0.717) is 6.61 Å². The normalized spacial score (nSPS) is 16.9. The van der Waals surface area contributed by atoms with Gasteiger partial charge in [0.25, 0.3) is 0 Å². The number of nitrogens with zero attached hydrogens (tertiary/aromatic N) is 1. The lowest BCUT2D eigenvalue weighted by atomic mass is 10.1. The molecule has 0 aliphatic carbocycles. The molecule has 2 aromatic rings. The van der Waals surface area contributed by atoms with E-state index in [9.17, 15) is 4.79 Å². The van der Waals surface area contributed by atoms with Crippen LogP contribution in [0.2, 0.25) is 0 Å². The molecule has 3 rings (SSSR count). The molecule has 2 aromatic carbocycles. The number of rotatable bonds is 2. The molecule has 1 aliphatic rings. The van der Waals surface area contributed by atoms with E-state index in [4.69, 9.17) is 4.74 Å². The van der Waals surface area contributed by atoms with Gasteiger partial charge in [-0.25, -0.2) is 9.69 Å². The van der Waals surface area contributed by atoms with Crippen LogP contribution in [-0.4, -0.2) is 23.9 Å². The highest BCUT2D eigenvalue weighted by Crippen LogP contribution is 2.27. The highest BCUT2D eigenvalue weighted by molar-refractivity contribution is 7.98. The molecule has 0 spiro atoms. The van der Waals surface area contributed by atoms with Crippen molar-refractivity contribution in [2.24, 2.45) is 0 Å². The number of carbonyl (C=O) groups is 1. The van der Waals surface area contributed by atoms with Gasteiger partial charge in [0, 0.05) is 16.5 Å². The number of benzene rings is 2. The fraction of sp³-hybridized carbons (Fsp3) is 0.167. The van der Waals surface area contributed by atoms with E-state index in [1.165, 1.54) is 4.90 Å². The van der Waals surface area contributed by atoms with Crippen LogP contribution in [-0.2, 0) is 4.74 Å². The van der Waals surface area contributed by atoms with Crippen molar-refractivity contribution in [3.8, 4) is 12.0 Å². The average molecular weight is 309 g/mol. The molecule has 0 aromatic heterocycles. The first-order valence-corrected chi connectivity index (χ1v) is 8.17. The number of hydrogen-bond donors (Lipinski definition) is 0. The summed E-state index contributed by atoms with van der Waals surface area (Å²) in [6.07, 6.45) is 1.63. The number of amides is 1. The van der Waals surface area contributed by atoms with Crippen molar-refractivity contribution in [2.75, 3.05) is 12.9 Å². The third-order valence-electron chi connectivity index (χ3n) is 3.48. The van der Waals surface area contributed by atoms with Gasteiger partial charge in [-0.3, -0.25) is 0 Å². The molecule has 0 N–H and O–H groups in total. The summed E-state index contributed by atoms with van der Waals surface area (Å²) >= 11 is 1.64. The zero-order valence-electron chi connectivity index (χ0n) is 12.2. The summed E-state index contributed by atoms with van der Waals surface area (Å²) in [5.74, 6) is 3.09. The van der Waals surface area contributed by atoms with Gasteiger partial charge < -0.3 is 4.74 Å². The lowest BCUT2D eigenvalue weighted by molar-refractivity contribution is 0.167. The summed E-state index contributed by atoms with van der Waals surface area (Å²) in [4.78, 5) is 14.5. The van der Waals surface area contributed by atoms with Crippen molar-refractivity contribution in [3.63, 3.8) is 0 Å². The zero-order valence-corrected chi connectivity index (χ0v) is 13.0. The monoisotopic (exact) mass is 309 g/mol. The lowest BCUT2D eigenvalue weighted by Gasteiger charge is -2.14. The van der Waals surface area contributed by atoms with Crippen LogP contribution in [0.1, 0.15) is 17.2 Å². The molecule has 0 saturated carbocycles. The Kier molecular flexibility index (Phi) is 4.36. The first-order chi connectivity index (χ1) is 10.8. The van der Waals surface area contributed by atoms with E-state index in [1.54, 1.807) is 11.8 Å². The van der Waals surface area contributed by atoms with E-state index >= 15 is 0 Å². The number of thioether (sulfide) groups is 1. The fourth-order valence-electron chi connectivity index (χ4n) is 2.33. The van der Waals surface area contributed by atoms with Crippen LogP contribution < -0.4 is 0 Å². The van der Waals surface area contributed by atoms with Crippen LogP contribution in [0.5, 0.6) is 0 Å². The highest BCUT2D eigenvalue weighted by Gasteiger charge is 2.33. The third kappa shape index (κ3) is 2.95. The summed E-state index contributed by atoms with van der Waals surface area (Å²) in [5, 5.41) is 0. The van der Waals surface area contributed by atoms with Crippen molar-refractivity contribution >= 4 is 17.9 Å². The van der Waals surface area contributed by atoms with Gasteiger partial charge in [0.2, 0.25) is 0 Å². The molecule has 3 nitrogen and oxygen atoms in total. The van der Waals surface area contributed by atoms with Gasteiger partial charge in [0.15, 0.2) is 0 Å². The molecular formula is C18H15NO2S. The van der Waals surface area contributed by atoms with E-state index in [2.05, 4.69) is 12.0 Å². The Hall–Kier alpha value is -2.38. The van der Waals surface area contributed by atoms with E-state index < -0.39 is 0 Å². The Labute approximate surface area is 134 Å². The Morgan fingerprint density at radius 2 is 1.86 bits per heavy atom. The first kappa shape index (κ1) is 14.6. The average Bonchev–Trinajstić information content (AvgIpc) is 2.95. The van der Waals surface area contributed by atoms with Gasteiger partial charge in [0.1, 0.15) is 12.6 Å². The molecule has 22 heavy (non-hydrogen) atoms. The standard InChI is InChI=1S/C18H15NO2S/c1-22-17-10-6-5-9-15(17)11-12-19-16(13-21-18(19)20)14-7-3-2-4-8-14/h2-10,16H,13H2,1H3. The molecule has 1 fully saturated rings. The molecule has 4 heteroatoms. The van der Waals surface area contributed by atoms with Crippen LogP contribution in [0.3, 0.4) is 0 Å². The molecule has 1 heterocycles. The molecule has 1 atom stereocenters. The Bertz CT molecular complexity index is 733. The van der Waals surface area contributed by atoms with Gasteiger partial charge in [-0.05, 0) is 29.9 Å². The topological polar surface area (TPSA) is 29.5 Å². The summed E-state index contributed by atoms with van der Waals surface area (Å²) < 4.78 is 5.16. The van der Waals surface area contributed by atoms with Gasteiger partial charge in [-0.1, -0.05) is 42.5 Å². The smallest absolute Gasteiger partial charge is 0.422 e. The predicted molar refractivity (Wildman–Crippen MR) is 87.5 cm³/mol. The molecular weight excluding hydrogens is 294 g/mol. The molecule has 110 valence electrons. The highest BCUT2D eigenvalue weighted by atomic mass is 32.2. The van der Waals surface area contributed by atoms with Crippen molar-refractivity contribution < 1.29 is 9.53 Å². The summed E-state index contributed by atoms with van der Waals surface area (Å²) in [6, 6.07) is 20.5. The molecule has 1 amide bonds. The molecule has 0 radical (unpaired) electrons. The van der Waals surface area contributed by atoms with Gasteiger partial charge in [-0.15, -0.1) is 11.8 Å². The Morgan fingerprint density at radius 1 is 1.14 bits per heavy atom. The van der Waals surface area contributed by atoms with E-state index in [1.807, 2.05) is 60.9 Å². The van der Waals surface area contributed by atoms with Gasteiger partial charge in [0.05, 0.1) is 0 Å². The fourth-order valence-corrected chi connectivity index (χ4v) is 2.89. The van der Waals surface area contributed by atoms with E-state index in [0.717, 1.165) is 16.0 Å². The van der Waals surface area contributed by atoms with Crippen LogP contribution in [0.25, 0.3) is 0 Å². The van der Waals surface area contributed by atoms with Crippen molar-refractivity contribution in [1.82, 2.24) is 4.90 Å². The molecule has 1 unspecified atom stereocenters. The Balaban J connectivity index is 1.90. The van der Waals surface area contributed by atoms with Gasteiger partial charge in [-0.2, -0.15) is 0 Å². The number of carbonyl (C=O) groups excluding carboxylic acids is 1. The van der Waals surface area contributed by atoms with Crippen molar-refractivity contribution in [2.45, 2.75) is 10.9 Å². The minimum Gasteiger partial charge on any atom is -0.446 e. The van der Waals surface area contributed by atoms with Crippen LogP contribution in [0.4, 0.5) is 4.79 Å². The summed E-state index contributed by atoms with van der Waals surface area (Å²) in [6.45, 7) is 0.335. The predicted octanol–water partition coefficient (Wildman–Crippen LogP) is 3.91. The second-order valence-electron chi connectivity index (χ2n) is 4.81. The number of cyclic esters (lactones) is 1. The SMILES string of the molecule is CSc1ccccc1C#CN1C(=O)OCC1c1ccccc1. The second-order valence-corrected chi connectivity index (χ2v) is 5.66. The van der Waals surface area contributed by atoms with Crippen molar-refractivity contribution in [3.05, 3.63) is 65.7 Å². The van der Waals surface area contributed by atoms with Crippen LogP contribution >= 0.6 is 11.8 Å². The summed E-state index contributed by atoms with van der Waals surface area (Å²) in [7, 11) is 0. The third-order valence-corrected chi connectivity index (χ3v) is 4.27. The van der Waals surface area contributed by atoms with Crippen LogP contribution in [0.15, 0.2) is 59.5 Å². The number of ether oxygens (including phenoxy) is 1. The van der Waals surface area contributed by atoms with Gasteiger partial charge >= 0.3 is 6.09 Å². The largest absolute Gasteiger partial charge is 0.446 e. The maximum absolute atomic E-state index is 11.9. The lowest BCUT2D eigenvalue weighted by Crippen LogP contribution is -2.22. The number of hydrogen-bond acceptors (Lipinski definition) is 3. The van der Waals surface area contributed by atoms with Crippen molar-refractivity contribution in [1.29, 1.82) is 0 Å². The minimum absolute atomic E-state index is 0.150. The minimum atomic E-state index is -0.386. The maximum Gasteiger partial charge on any atom is 0.422 e. The van der Waals surface area contributed by atoms with Crippen LogP contribution in [0, 0.1) is 12.0 Å². The molecule has 1 saturated heterocycles. The van der Waals surface area contributed by atoms with E-state index in [-0.39, 0.29) is 12.1 Å².